The summed E-state index contributed by atoms with van der Waals surface area (Å²) in [6, 6.07) is 4.88. The van der Waals surface area contributed by atoms with Crippen LogP contribution in [0.1, 0.15) is 19.8 Å². The molecule has 0 spiro atoms. The Morgan fingerprint density at radius 3 is 2.68 bits per heavy atom. The molecule has 2 N–H and O–H groups in total. The minimum Gasteiger partial charge on any atom is -0.380 e. The van der Waals surface area contributed by atoms with E-state index in [-0.39, 0.29) is 11.7 Å². The zero-order chi connectivity index (χ0) is 13.8. The molecule has 0 atom stereocenters. The zero-order valence-corrected chi connectivity index (χ0v) is 11.4. The van der Waals surface area contributed by atoms with E-state index < -0.39 is 0 Å². The van der Waals surface area contributed by atoms with Crippen LogP contribution in [0.5, 0.6) is 0 Å². The Morgan fingerprint density at radius 1 is 1.37 bits per heavy atom. The van der Waals surface area contributed by atoms with Crippen LogP contribution in [0.2, 0.25) is 0 Å². The molecule has 1 aromatic rings. The number of likely N-dealkylation sites (tertiary alicyclic amines) is 1. The fourth-order valence-electron chi connectivity index (χ4n) is 2.29. The number of nitrogens with one attached hydrogen (secondary N) is 2. The summed E-state index contributed by atoms with van der Waals surface area (Å²) in [5, 5.41) is 5.89. The average Bonchev–Trinajstić information content (AvgIpc) is 2.35. The first-order valence-electron chi connectivity index (χ1n) is 6.57. The number of rotatable bonds is 3. The largest absolute Gasteiger partial charge is 0.380 e. The second-order valence-electron chi connectivity index (χ2n) is 5.10. The van der Waals surface area contributed by atoms with Crippen LogP contribution < -0.4 is 10.6 Å². The van der Waals surface area contributed by atoms with Crippen LogP contribution in [-0.2, 0) is 4.79 Å². The minimum atomic E-state index is -0.284. The van der Waals surface area contributed by atoms with Crippen molar-refractivity contribution in [1.29, 1.82) is 0 Å². The molecule has 0 aliphatic carbocycles. The van der Waals surface area contributed by atoms with Gasteiger partial charge in [-0.3, -0.25) is 4.79 Å². The van der Waals surface area contributed by atoms with Crippen molar-refractivity contribution in [1.82, 2.24) is 4.90 Å². The maximum atomic E-state index is 13.8. The summed E-state index contributed by atoms with van der Waals surface area (Å²) in [5.74, 6) is -0.440. The maximum absolute atomic E-state index is 13.8. The van der Waals surface area contributed by atoms with Crippen LogP contribution in [0, 0.1) is 5.82 Å². The lowest BCUT2D eigenvalue weighted by molar-refractivity contribution is -0.114. The Morgan fingerprint density at radius 2 is 2.05 bits per heavy atom. The number of carbonyl (C=O) groups excluding carboxylic acids is 1. The molecule has 19 heavy (non-hydrogen) atoms. The van der Waals surface area contributed by atoms with E-state index in [4.69, 9.17) is 0 Å². The molecule has 5 heteroatoms. The van der Waals surface area contributed by atoms with Crippen LogP contribution in [0.4, 0.5) is 15.8 Å². The molecule has 0 radical (unpaired) electrons. The number of amides is 1. The Hall–Kier alpha value is -1.62. The number of benzene rings is 1. The molecule has 0 saturated carbocycles. The van der Waals surface area contributed by atoms with Crippen molar-refractivity contribution in [3.63, 3.8) is 0 Å². The minimum absolute atomic E-state index is 0.156. The molecule has 1 aliphatic heterocycles. The van der Waals surface area contributed by atoms with Crippen LogP contribution in [0.15, 0.2) is 18.2 Å². The average molecular weight is 265 g/mol. The van der Waals surface area contributed by atoms with E-state index in [1.807, 2.05) is 0 Å². The number of hydrogen-bond donors (Lipinski definition) is 2. The molecule has 104 valence electrons. The molecule has 1 heterocycles. The molecule has 0 aromatic heterocycles. The fourth-order valence-corrected chi connectivity index (χ4v) is 2.29. The predicted molar refractivity (Wildman–Crippen MR) is 74.8 cm³/mol. The topological polar surface area (TPSA) is 44.4 Å². The SMILES string of the molecule is CC(=O)Nc1ccc(F)c(NC2CCN(C)CC2)c1. The number of nitrogens with zero attached hydrogens (tertiary/aromatic N) is 1. The van der Waals surface area contributed by atoms with E-state index in [9.17, 15) is 9.18 Å². The lowest BCUT2D eigenvalue weighted by Gasteiger charge is -2.30. The predicted octanol–water partition coefficient (Wildman–Crippen LogP) is 2.29. The molecule has 4 nitrogen and oxygen atoms in total. The molecular formula is C14H20FN3O. The van der Waals surface area contributed by atoms with Gasteiger partial charge in [-0.25, -0.2) is 4.39 Å². The second-order valence-corrected chi connectivity index (χ2v) is 5.10. The zero-order valence-electron chi connectivity index (χ0n) is 11.4. The smallest absolute Gasteiger partial charge is 0.221 e. The summed E-state index contributed by atoms with van der Waals surface area (Å²) in [6.45, 7) is 3.47. The second kappa shape index (κ2) is 6.02. The monoisotopic (exact) mass is 265 g/mol. The molecule has 1 amide bonds. The van der Waals surface area contributed by atoms with Crippen molar-refractivity contribution in [3.8, 4) is 0 Å². The van der Waals surface area contributed by atoms with Crippen LogP contribution >= 0.6 is 0 Å². The molecule has 1 fully saturated rings. The quantitative estimate of drug-likeness (QED) is 0.881. The highest BCUT2D eigenvalue weighted by Crippen LogP contribution is 2.22. The number of carbonyl (C=O) groups is 1. The van der Waals surface area contributed by atoms with Gasteiger partial charge in [0.2, 0.25) is 5.91 Å². The maximum Gasteiger partial charge on any atom is 0.221 e. The van der Waals surface area contributed by atoms with Gasteiger partial charge in [-0.15, -0.1) is 0 Å². The lowest BCUT2D eigenvalue weighted by atomic mass is 10.1. The summed E-state index contributed by atoms with van der Waals surface area (Å²) in [4.78, 5) is 13.3. The molecule has 1 aliphatic rings. The molecule has 1 aromatic carbocycles. The van der Waals surface area contributed by atoms with Crippen LogP contribution in [0.25, 0.3) is 0 Å². The normalized spacial score (nSPS) is 17.2. The molecular weight excluding hydrogens is 245 g/mol. The highest BCUT2D eigenvalue weighted by molar-refractivity contribution is 5.89. The molecule has 0 unspecified atom stereocenters. The van der Waals surface area contributed by atoms with Gasteiger partial charge in [0, 0.05) is 18.7 Å². The highest BCUT2D eigenvalue weighted by Gasteiger charge is 2.17. The van der Waals surface area contributed by atoms with Crippen molar-refractivity contribution >= 4 is 17.3 Å². The fraction of sp³-hybridized carbons (Fsp3) is 0.500. The van der Waals surface area contributed by atoms with Gasteiger partial charge < -0.3 is 15.5 Å². The van der Waals surface area contributed by atoms with Crippen molar-refractivity contribution in [3.05, 3.63) is 24.0 Å². The number of hydrogen-bond acceptors (Lipinski definition) is 3. The van der Waals surface area contributed by atoms with Gasteiger partial charge in [0.1, 0.15) is 5.82 Å². The van der Waals surface area contributed by atoms with E-state index in [0.29, 0.717) is 17.4 Å². The summed E-state index contributed by atoms with van der Waals surface area (Å²) in [6.07, 6.45) is 2.00. The van der Waals surface area contributed by atoms with Crippen LogP contribution in [-0.4, -0.2) is 37.0 Å². The Labute approximate surface area is 113 Å². The summed E-state index contributed by atoms with van der Waals surface area (Å²) in [5.41, 5.74) is 1.07. The van der Waals surface area contributed by atoms with Crippen molar-refractivity contribution in [2.45, 2.75) is 25.8 Å². The number of anilines is 2. The van der Waals surface area contributed by atoms with Crippen LogP contribution in [0.3, 0.4) is 0 Å². The lowest BCUT2D eigenvalue weighted by Crippen LogP contribution is -2.36. The van der Waals surface area contributed by atoms with Gasteiger partial charge >= 0.3 is 0 Å². The van der Waals surface area contributed by atoms with Gasteiger partial charge in [-0.2, -0.15) is 0 Å². The van der Waals surface area contributed by atoms with Gasteiger partial charge in [0.05, 0.1) is 5.69 Å². The first kappa shape index (κ1) is 13.8. The summed E-state index contributed by atoms with van der Waals surface area (Å²) < 4.78 is 13.8. The first-order valence-corrected chi connectivity index (χ1v) is 6.57. The highest BCUT2D eigenvalue weighted by atomic mass is 19.1. The Bertz CT molecular complexity index is 456. The summed E-state index contributed by atoms with van der Waals surface area (Å²) >= 11 is 0. The summed E-state index contributed by atoms with van der Waals surface area (Å²) in [7, 11) is 2.09. The first-order chi connectivity index (χ1) is 9.04. The third-order valence-electron chi connectivity index (χ3n) is 3.36. The van der Waals surface area contributed by atoms with Crippen molar-refractivity contribution < 1.29 is 9.18 Å². The number of halogens is 1. The van der Waals surface area contributed by atoms with E-state index in [0.717, 1.165) is 25.9 Å². The third kappa shape index (κ3) is 3.92. The third-order valence-corrected chi connectivity index (χ3v) is 3.36. The Kier molecular flexibility index (Phi) is 4.37. The molecule has 1 saturated heterocycles. The van der Waals surface area contributed by atoms with E-state index >= 15 is 0 Å². The van der Waals surface area contributed by atoms with Gasteiger partial charge in [0.25, 0.3) is 0 Å². The van der Waals surface area contributed by atoms with E-state index in [1.54, 1.807) is 12.1 Å². The van der Waals surface area contributed by atoms with Gasteiger partial charge in [-0.1, -0.05) is 0 Å². The Balaban J connectivity index is 2.04. The molecule has 0 bridgehead atoms. The van der Waals surface area contributed by atoms with Gasteiger partial charge in [-0.05, 0) is 51.2 Å². The van der Waals surface area contributed by atoms with E-state index in [2.05, 4.69) is 22.6 Å². The molecule has 2 rings (SSSR count). The standard InChI is InChI=1S/C14H20FN3O/c1-10(19)16-12-3-4-13(15)14(9-12)17-11-5-7-18(2)8-6-11/h3-4,9,11,17H,5-8H2,1-2H3,(H,16,19). The van der Waals surface area contributed by atoms with Gasteiger partial charge in [0.15, 0.2) is 0 Å². The van der Waals surface area contributed by atoms with Crippen molar-refractivity contribution in [2.24, 2.45) is 0 Å². The number of piperidine rings is 1. The van der Waals surface area contributed by atoms with Crippen molar-refractivity contribution in [2.75, 3.05) is 30.8 Å². The van der Waals surface area contributed by atoms with E-state index in [1.165, 1.54) is 13.0 Å².